The van der Waals surface area contributed by atoms with E-state index < -0.39 is 5.91 Å². The molecule has 5 heteroatoms. The number of hydrogen-bond donors (Lipinski definition) is 2. The van der Waals surface area contributed by atoms with Crippen LogP contribution in [0.25, 0.3) is 0 Å². The number of rotatable bonds is 7. The zero-order valence-corrected chi connectivity index (χ0v) is 11.7. The van der Waals surface area contributed by atoms with Gasteiger partial charge in [0.1, 0.15) is 5.75 Å². The average molecular weight is 280 g/mol. The third-order valence-corrected chi connectivity index (χ3v) is 4.32. The number of thioether (sulfide) groups is 1. The largest absolute Gasteiger partial charge is 0.484 e. The van der Waals surface area contributed by atoms with Gasteiger partial charge in [0.15, 0.2) is 6.61 Å². The molecule has 0 bridgehead atoms. The van der Waals surface area contributed by atoms with E-state index in [0.29, 0.717) is 5.75 Å². The average Bonchev–Trinajstić information content (AvgIpc) is 2.91. The molecule has 0 aliphatic carbocycles. The first-order chi connectivity index (χ1) is 9.24. The first kappa shape index (κ1) is 14.2. The second-order valence-electron chi connectivity index (χ2n) is 4.76. The molecule has 104 valence electrons. The zero-order valence-electron chi connectivity index (χ0n) is 10.9. The number of primary amides is 1. The predicted octanol–water partition coefficient (Wildman–Crippen LogP) is 1.39. The number of nitrogens with two attached hydrogens (primary N) is 1. The minimum Gasteiger partial charge on any atom is -0.484 e. The summed E-state index contributed by atoms with van der Waals surface area (Å²) in [6.07, 6.45) is 1.33. The lowest BCUT2D eigenvalue weighted by Gasteiger charge is -2.10. The number of amides is 1. The maximum Gasteiger partial charge on any atom is 0.255 e. The fraction of sp³-hybridized carbons (Fsp3) is 0.500. The van der Waals surface area contributed by atoms with Crippen LogP contribution in [0.15, 0.2) is 24.3 Å². The quantitative estimate of drug-likeness (QED) is 0.792. The van der Waals surface area contributed by atoms with Crippen LogP contribution in [0.4, 0.5) is 0 Å². The number of carbonyl (C=O) groups is 1. The highest BCUT2D eigenvalue weighted by molar-refractivity contribution is 7.99. The molecule has 0 radical (unpaired) electrons. The van der Waals surface area contributed by atoms with Crippen molar-refractivity contribution in [1.29, 1.82) is 0 Å². The summed E-state index contributed by atoms with van der Waals surface area (Å²) in [5.74, 6) is 3.63. The lowest BCUT2D eigenvalue weighted by Crippen LogP contribution is -2.22. The van der Waals surface area contributed by atoms with Crippen molar-refractivity contribution >= 4 is 17.7 Å². The van der Waals surface area contributed by atoms with Crippen LogP contribution < -0.4 is 15.8 Å². The molecule has 0 spiro atoms. The fourth-order valence-electron chi connectivity index (χ4n) is 2.02. The van der Waals surface area contributed by atoms with Crippen molar-refractivity contribution in [3.8, 4) is 5.75 Å². The Hall–Kier alpha value is -1.20. The SMILES string of the molecule is NC(=O)COc1ccc(CNCC2CCSC2)cc1. The Bertz CT molecular complexity index is 402. The van der Waals surface area contributed by atoms with Gasteiger partial charge in [-0.3, -0.25) is 4.79 Å². The van der Waals surface area contributed by atoms with Gasteiger partial charge in [0.25, 0.3) is 5.91 Å². The standard InChI is InChI=1S/C14H20N2O2S/c15-14(17)9-18-13-3-1-11(2-4-13)7-16-8-12-5-6-19-10-12/h1-4,12,16H,5-10H2,(H2,15,17). The summed E-state index contributed by atoms with van der Waals surface area (Å²) in [6.45, 7) is 1.89. The summed E-state index contributed by atoms with van der Waals surface area (Å²) in [6, 6.07) is 7.75. The summed E-state index contributed by atoms with van der Waals surface area (Å²) in [5.41, 5.74) is 6.24. The first-order valence-corrected chi connectivity index (χ1v) is 7.68. The molecular formula is C14H20N2O2S. The van der Waals surface area contributed by atoms with Crippen LogP contribution in [0.5, 0.6) is 5.75 Å². The number of hydrogen-bond acceptors (Lipinski definition) is 4. The van der Waals surface area contributed by atoms with E-state index in [1.165, 1.54) is 23.5 Å². The highest BCUT2D eigenvalue weighted by Crippen LogP contribution is 2.22. The van der Waals surface area contributed by atoms with Crippen molar-refractivity contribution in [1.82, 2.24) is 5.32 Å². The molecule has 1 aliphatic rings. The van der Waals surface area contributed by atoms with Crippen LogP contribution in [0.2, 0.25) is 0 Å². The molecular weight excluding hydrogens is 260 g/mol. The predicted molar refractivity (Wildman–Crippen MR) is 78.3 cm³/mol. The normalized spacial score (nSPS) is 18.4. The van der Waals surface area contributed by atoms with Crippen LogP contribution in [0, 0.1) is 5.92 Å². The third-order valence-electron chi connectivity index (χ3n) is 3.09. The molecule has 3 N–H and O–H groups in total. The molecule has 1 saturated heterocycles. The minimum absolute atomic E-state index is 0.0725. The van der Waals surface area contributed by atoms with Crippen molar-refractivity contribution in [3.63, 3.8) is 0 Å². The van der Waals surface area contributed by atoms with Crippen LogP contribution in [0.3, 0.4) is 0 Å². The van der Waals surface area contributed by atoms with E-state index in [1.807, 2.05) is 36.0 Å². The van der Waals surface area contributed by atoms with Crippen molar-refractivity contribution < 1.29 is 9.53 Å². The Morgan fingerprint density at radius 2 is 2.21 bits per heavy atom. The fourth-order valence-corrected chi connectivity index (χ4v) is 3.31. The summed E-state index contributed by atoms with van der Waals surface area (Å²) in [5, 5.41) is 3.49. The molecule has 1 unspecified atom stereocenters. The Balaban J connectivity index is 1.70. The molecule has 0 aromatic heterocycles. The summed E-state index contributed by atoms with van der Waals surface area (Å²) < 4.78 is 5.21. The Morgan fingerprint density at radius 1 is 1.42 bits per heavy atom. The van der Waals surface area contributed by atoms with E-state index in [4.69, 9.17) is 10.5 Å². The van der Waals surface area contributed by atoms with Gasteiger partial charge in [0.05, 0.1) is 0 Å². The maximum atomic E-state index is 10.6. The zero-order chi connectivity index (χ0) is 13.5. The van der Waals surface area contributed by atoms with E-state index >= 15 is 0 Å². The lowest BCUT2D eigenvalue weighted by molar-refractivity contribution is -0.119. The monoisotopic (exact) mass is 280 g/mol. The van der Waals surface area contributed by atoms with Gasteiger partial charge in [-0.05, 0) is 48.1 Å². The van der Waals surface area contributed by atoms with Gasteiger partial charge in [-0.15, -0.1) is 0 Å². The molecule has 1 heterocycles. The summed E-state index contributed by atoms with van der Waals surface area (Å²) in [7, 11) is 0. The van der Waals surface area contributed by atoms with E-state index in [9.17, 15) is 4.79 Å². The van der Waals surface area contributed by atoms with Crippen LogP contribution in [-0.4, -0.2) is 30.6 Å². The third kappa shape index (κ3) is 5.12. The molecule has 1 fully saturated rings. The van der Waals surface area contributed by atoms with E-state index in [1.54, 1.807) is 0 Å². The van der Waals surface area contributed by atoms with Crippen molar-refractivity contribution in [2.75, 3.05) is 24.7 Å². The van der Waals surface area contributed by atoms with Gasteiger partial charge in [-0.25, -0.2) is 0 Å². The second kappa shape index (κ2) is 7.40. The molecule has 1 amide bonds. The van der Waals surface area contributed by atoms with Gasteiger partial charge in [-0.1, -0.05) is 12.1 Å². The minimum atomic E-state index is -0.458. The smallest absolute Gasteiger partial charge is 0.255 e. The van der Waals surface area contributed by atoms with Crippen molar-refractivity contribution in [3.05, 3.63) is 29.8 Å². The number of nitrogens with one attached hydrogen (secondary N) is 1. The number of ether oxygens (including phenoxy) is 1. The van der Waals surface area contributed by atoms with E-state index in [0.717, 1.165) is 19.0 Å². The van der Waals surface area contributed by atoms with Gasteiger partial charge in [-0.2, -0.15) is 11.8 Å². The van der Waals surface area contributed by atoms with Crippen molar-refractivity contribution in [2.24, 2.45) is 11.7 Å². The van der Waals surface area contributed by atoms with Gasteiger partial charge in [0.2, 0.25) is 0 Å². The number of carbonyl (C=O) groups excluding carboxylic acids is 1. The molecule has 0 saturated carbocycles. The highest BCUT2D eigenvalue weighted by Gasteiger charge is 2.14. The van der Waals surface area contributed by atoms with Crippen molar-refractivity contribution in [2.45, 2.75) is 13.0 Å². The molecule has 1 aliphatic heterocycles. The lowest BCUT2D eigenvalue weighted by atomic mass is 10.1. The van der Waals surface area contributed by atoms with Gasteiger partial charge >= 0.3 is 0 Å². The highest BCUT2D eigenvalue weighted by atomic mass is 32.2. The Kier molecular flexibility index (Phi) is 5.54. The Morgan fingerprint density at radius 3 is 2.84 bits per heavy atom. The molecule has 4 nitrogen and oxygen atoms in total. The second-order valence-corrected chi connectivity index (χ2v) is 5.91. The van der Waals surface area contributed by atoms with Crippen LogP contribution in [-0.2, 0) is 11.3 Å². The van der Waals surface area contributed by atoms with Crippen LogP contribution in [0.1, 0.15) is 12.0 Å². The molecule has 1 aromatic carbocycles. The summed E-state index contributed by atoms with van der Waals surface area (Å²) in [4.78, 5) is 10.6. The van der Waals surface area contributed by atoms with Crippen LogP contribution >= 0.6 is 11.8 Å². The van der Waals surface area contributed by atoms with E-state index in [2.05, 4.69) is 5.32 Å². The summed E-state index contributed by atoms with van der Waals surface area (Å²) >= 11 is 2.04. The van der Waals surface area contributed by atoms with E-state index in [-0.39, 0.29) is 6.61 Å². The first-order valence-electron chi connectivity index (χ1n) is 6.52. The maximum absolute atomic E-state index is 10.6. The molecule has 1 atom stereocenters. The molecule has 1 aromatic rings. The molecule has 19 heavy (non-hydrogen) atoms. The Labute approximate surface area is 118 Å². The van der Waals surface area contributed by atoms with Gasteiger partial charge in [0, 0.05) is 6.54 Å². The number of benzene rings is 1. The molecule has 2 rings (SSSR count). The topological polar surface area (TPSA) is 64.4 Å². The van der Waals surface area contributed by atoms with Gasteiger partial charge < -0.3 is 15.8 Å².